The van der Waals surface area contributed by atoms with Crippen molar-refractivity contribution in [1.29, 1.82) is 0 Å². The first-order chi connectivity index (χ1) is 15.7. The number of nitrogens with one attached hydrogen (secondary N) is 1. The fourth-order valence-electron chi connectivity index (χ4n) is 4.29. The molecule has 4 rings (SSSR count). The van der Waals surface area contributed by atoms with Gasteiger partial charge in [-0.25, -0.2) is 0 Å². The molecular formula is C27H30N2O3S. The van der Waals surface area contributed by atoms with Crippen LogP contribution in [0.15, 0.2) is 54.6 Å². The van der Waals surface area contributed by atoms with Gasteiger partial charge in [-0.1, -0.05) is 51.1 Å². The lowest BCUT2D eigenvalue weighted by atomic mass is 9.72. The number of carbonyl (C=O) groups excluding carboxylic acids is 2. The Kier molecular flexibility index (Phi) is 6.56. The number of nitrogens with two attached hydrogens (primary N) is 1. The van der Waals surface area contributed by atoms with Crippen LogP contribution in [-0.2, 0) is 19.4 Å². The molecule has 1 heterocycles. The van der Waals surface area contributed by atoms with Crippen molar-refractivity contribution >= 4 is 28.2 Å². The zero-order valence-corrected chi connectivity index (χ0v) is 20.1. The summed E-state index contributed by atoms with van der Waals surface area (Å²) >= 11 is 1.48. The molecule has 2 amide bonds. The number of amides is 2. The average Bonchev–Trinajstić information content (AvgIpc) is 3.15. The molecule has 0 fully saturated rings. The highest BCUT2D eigenvalue weighted by Gasteiger charge is 2.33. The minimum Gasteiger partial charge on any atom is -0.489 e. The number of thiophene rings is 1. The molecule has 33 heavy (non-hydrogen) atoms. The molecule has 172 valence electrons. The highest BCUT2D eigenvalue weighted by molar-refractivity contribution is 7.17. The minimum absolute atomic E-state index is 0.197. The van der Waals surface area contributed by atoms with Crippen LogP contribution in [0, 0.1) is 11.3 Å². The van der Waals surface area contributed by atoms with Gasteiger partial charge in [0.15, 0.2) is 0 Å². The number of benzene rings is 2. The van der Waals surface area contributed by atoms with Gasteiger partial charge in [0.2, 0.25) is 0 Å². The summed E-state index contributed by atoms with van der Waals surface area (Å²) in [6, 6.07) is 16.9. The molecule has 3 N–H and O–H groups in total. The second kappa shape index (κ2) is 9.40. The normalized spacial score (nSPS) is 15.5. The van der Waals surface area contributed by atoms with Crippen LogP contribution in [0.3, 0.4) is 0 Å². The van der Waals surface area contributed by atoms with Crippen LogP contribution in [0.25, 0.3) is 0 Å². The molecule has 1 aliphatic carbocycles. The first-order valence-electron chi connectivity index (χ1n) is 11.2. The number of anilines is 1. The van der Waals surface area contributed by atoms with E-state index in [0.717, 1.165) is 35.3 Å². The van der Waals surface area contributed by atoms with Gasteiger partial charge >= 0.3 is 0 Å². The standard InChI is InChI=1S/C27H30N2O3S/c1-27(2,3)19-11-14-21-22(15-19)33-26(23(21)24(28)30)29-25(31)18-9-12-20(13-10-18)32-16-17-7-5-4-6-8-17/h4-10,12-13,19H,11,14-16H2,1-3H3,(H2,28,30)(H,29,31)/t19-/m0/s1. The maximum atomic E-state index is 12.9. The van der Waals surface area contributed by atoms with Gasteiger partial charge in [-0.05, 0) is 66.0 Å². The van der Waals surface area contributed by atoms with Crippen LogP contribution in [0.2, 0.25) is 0 Å². The fraction of sp³-hybridized carbons (Fsp3) is 0.333. The van der Waals surface area contributed by atoms with E-state index in [1.54, 1.807) is 24.3 Å². The number of hydrogen-bond donors (Lipinski definition) is 2. The Morgan fingerprint density at radius 2 is 1.79 bits per heavy atom. The summed E-state index contributed by atoms with van der Waals surface area (Å²) in [5.74, 6) is 0.476. The molecule has 6 heteroatoms. The SMILES string of the molecule is CC(C)(C)[C@H]1CCc2c(sc(NC(=O)c3ccc(OCc4ccccc4)cc3)c2C(N)=O)C1. The Labute approximate surface area is 199 Å². The molecule has 1 aromatic heterocycles. The molecule has 1 atom stereocenters. The second-order valence-electron chi connectivity index (χ2n) is 9.63. The Hall–Kier alpha value is -3.12. The van der Waals surface area contributed by atoms with Crippen LogP contribution < -0.4 is 15.8 Å². The van der Waals surface area contributed by atoms with Crippen LogP contribution in [0.4, 0.5) is 5.00 Å². The molecule has 2 aromatic carbocycles. The van der Waals surface area contributed by atoms with Crippen molar-refractivity contribution in [2.24, 2.45) is 17.1 Å². The summed E-state index contributed by atoms with van der Waals surface area (Å²) < 4.78 is 5.80. The molecule has 0 spiro atoms. The summed E-state index contributed by atoms with van der Waals surface area (Å²) in [6.07, 6.45) is 2.74. The molecular weight excluding hydrogens is 432 g/mol. The number of hydrogen-bond acceptors (Lipinski definition) is 4. The summed E-state index contributed by atoms with van der Waals surface area (Å²) in [5.41, 5.74) is 8.97. The van der Waals surface area contributed by atoms with Gasteiger partial charge in [-0.15, -0.1) is 11.3 Å². The van der Waals surface area contributed by atoms with E-state index in [2.05, 4.69) is 26.1 Å². The van der Waals surface area contributed by atoms with E-state index in [1.807, 2.05) is 30.3 Å². The maximum Gasteiger partial charge on any atom is 0.256 e. The van der Waals surface area contributed by atoms with Gasteiger partial charge in [0, 0.05) is 10.4 Å². The highest BCUT2D eigenvalue weighted by atomic mass is 32.1. The number of carbonyl (C=O) groups is 2. The summed E-state index contributed by atoms with van der Waals surface area (Å²) in [7, 11) is 0. The molecule has 0 radical (unpaired) electrons. The van der Waals surface area contributed by atoms with E-state index in [0.29, 0.717) is 34.4 Å². The number of fused-ring (bicyclic) bond motifs is 1. The van der Waals surface area contributed by atoms with Crippen LogP contribution in [0.1, 0.15) is 63.9 Å². The Morgan fingerprint density at radius 3 is 2.42 bits per heavy atom. The van der Waals surface area contributed by atoms with Gasteiger partial charge in [-0.3, -0.25) is 9.59 Å². The Morgan fingerprint density at radius 1 is 1.09 bits per heavy atom. The van der Waals surface area contributed by atoms with E-state index in [-0.39, 0.29) is 11.3 Å². The highest BCUT2D eigenvalue weighted by Crippen LogP contribution is 2.44. The van der Waals surface area contributed by atoms with Gasteiger partial charge in [-0.2, -0.15) is 0 Å². The van der Waals surface area contributed by atoms with Crippen molar-refractivity contribution in [3.8, 4) is 5.75 Å². The zero-order chi connectivity index (χ0) is 23.6. The van der Waals surface area contributed by atoms with Gasteiger partial charge in [0.1, 0.15) is 17.4 Å². The average molecular weight is 463 g/mol. The zero-order valence-electron chi connectivity index (χ0n) is 19.3. The molecule has 0 saturated carbocycles. The minimum atomic E-state index is -0.485. The molecule has 3 aromatic rings. The lowest BCUT2D eigenvalue weighted by Crippen LogP contribution is -2.27. The van der Waals surface area contributed by atoms with E-state index >= 15 is 0 Å². The van der Waals surface area contributed by atoms with Crippen molar-refractivity contribution in [2.75, 3.05) is 5.32 Å². The summed E-state index contributed by atoms with van der Waals surface area (Å²) in [5, 5.41) is 3.49. The third-order valence-electron chi connectivity index (χ3n) is 6.33. The van der Waals surface area contributed by atoms with E-state index in [9.17, 15) is 9.59 Å². The first kappa shape index (κ1) is 23.1. The first-order valence-corrected chi connectivity index (χ1v) is 12.1. The Balaban J connectivity index is 1.47. The molecule has 0 unspecified atom stereocenters. The molecule has 0 aliphatic heterocycles. The Bertz CT molecular complexity index is 1140. The van der Waals surface area contributed by atoms with Crippen molar-refractivity contribution in [3.05, 3.63) is 81.7 Å². The lowest BCUT2D eigenvalue weighted by Gasteiger charge is -2.33. The van der Waals surface area contributed by atoms with Crippen molar-refractivity contribution < 1.29 is 14.3 Å². The summed E-state index contributed by atoms with van der Waals surface area (Å²) in [4.78, 5) is 26.3. The quantitative estimate of drug-likeness (QED) is 0.484. The predicted octanol–water partition coefficient (Wildman–Crippen LogP) is 5.83. The fourth-order valence-corrected chi connectivity index (χ4v) is 5.62. The molecule has 0 bridgehead atoms. The van der Waals surface area contributed by atoms with E-state index in [4.69, 9.17) is 10.5 Å². The third kappa shape index (κ3) is 5.28. The van der Waals surface area contributed by atoms with Crippen molar-refractivity contribution in [2.45, 2.75) is 46.6 Å². The van der Waals surface area contributed by atoms with Crippen molar-refractivity contribution in [1.82, 2.24) is 0 Å². The number of primary amides is 1. The largest absolute Gasteiger partial charge is 0.489 e. The smallest absolute Gasteiger partial charge is 0.256 e. The monoisotopic (exact) mass is 462 g/mol. The predicted molar refractivity (Wildman–Crippen MR) is 133 cm³/mol. The van der Waals surface area contributed by atoms with Gasteiger partial charge < -0.3 is 15.8 Å². The van der Waals surface area contributed by atoms with E-state index < -0.39 is 5.91 Å². The second-order valence-corrected chi connectivity index (χ2v) is 10.7. The topological polar surface area (TPSA) is 81.4 Å². The van der Waals surface area contributed by atoms with Gasteiger partial charge in [0.05, 0.1) is 5.56 Å². The molecule has 1 aliphatic rings. The van der Waals surface area contributed by atoms with Crippen molar-refractivity contribution in [3.63, 3.8) is 0 Å². The molecule has 0 saturated heterocycles. The van der Waals surface area contributed by atoms with Crippen LogP contribution in [0.5, 0.6) is 5.75 Å². The number of rotatable bonds is 6. The molecule has 5 nitrogen and oxygen atoms in total. The number of ether oxygens (including phenoxy) is 1. The van der Waals surface area contributed by atoms with Crippen LogP contribution in [-0.4, -0.2) is 11.8 Å². The van der Waals surface area contributed by atoms with Gasteiger partial charge in [0.25, 0.3) is 11.8 Å². The third-order valence-corrected chi connectivity index (χ3v) is 7.50. The lowest BCUT2D eigenvalue weighted by molar-refractivity contribution is 0.1000. The summed E-state index contributed by atoms with van der Waals surface area (Å²) in [6.45, 7) is 7.22. The van der Waals surface area contributed by atoms with Crippen LogP contribution >= 0.6 is 11.3 Å². The maximum absolute atomic E-state index is 12.9. The van der Waals surface area contributed by atoms with E-state index in [1.165, 1.54) is 11.3 Å².